The van der Waals surface area contributed by atoms with Gasteiger partial charge >= 0.3 is 17.9 Å². The Hall–Kier alpha value is -13.0. The number of likely N-dealkylation sites (N-methyl/N-ethyl adjacent to an activating group) is 3. The zero-order valence-electron chi connectivity index (χ0n) is 71.9. The van der Waals surface area contributed by atoms with Crippen molar-refractivity contribution in [2.75, 3.05) is 62.9 Å². The zero-order chi connectivity index (χ0) is 87.4. The average Bonchev–Trinajstić information content (AvgIpc) is 1.53. The molecule has 12 aliphatic rings. The van der Waals surface area contributed by atoms with Gasteiger partial charge in [-0.3, -0.25) is 33.9 Å². The number of methoxy groups -OCH3 is 3. The number of fused-ring (bicyclic) bond motifs is 27. The fraction of sp³-hybridized carbons (Fsp3) is 0.415. The molecule has 0 radical (unpaired) electrons. The van der Waals surface area contributed by atoms with Crippen molar-refractivity contribution >= 4 is 41.9 Å². The maximum Gasteiger partial charge on any atom is 0.308 e. The number of carbonyl (C=O) groups excluding carboxylic acids is 4. The third-order valence-electron chi connectivity index (χ3n) is 26.6. The Labute approximate surface area is 712 Å². The monoisotopic (exact) mass is 1670 g/mol. The van der Waals surface area contributed by atoms with Crippen molar-refractivity contribution in [3.63, 3.8) is 0 Å². The van der Waals surface area contributed by atoms with Crippen LogP contribution in [0, 0.1) is 75.5 Å². The van der Waals surface area contributed by atoms with Crippen molar-refractivity contribution < 1.29 is 96.1 Å². The smallest absolute Gasteiger partial charge is 0.308 e. The number of aryl methyl sites for hydroxylation is 2. The minimum Gasteiger partial charge on any atom is -0.507 e. The van der Waals surface area contributed by atoms with Crippen LogP contribution in [0.4, 0.5) is 0 Å². The van der Waals surface area contributed by atoms with Crippen LogP contribution in [-0.4, -0.2) is 168 Å². The van der Waals surface area contributed by atoms with Gasteiger partial charge in [0.2, 0.25) is 20.4 Å². The van der Waals surface area contributed by atoms with Crippen LogP contribution >= 0.6 is 0 Å². The summed E-state index contributed by atoms with van der Waals surface area (Å²) in [5, 5.41) is 65.8. The molecule has 123 heavy (non-hydrogen) atoms. The third-order valence-corrected chi connectivity index (χ3v) is 26.6. The second-order valence-electron chi connectivity index (χ2n) is 33.0. The third kappa shape index (κ3) is 12.2. The fourth-order valence-corrected chi connectivity index (χ4v) is 21.7. The van der Waals surface area contributed by atoms with Gasteiger partial charge < -0.3 is 91.6 Å². The lowest BCUT2D eigenvalue weighted by Gasteiger charge is -2.57. The Morgan fingerprint density at radius 1 is 0.455 bits per heavy atom. The van der Waals surface area contributed by atoms with E-state index in [1.165, 1.54) is 27.9 Å². The number of esters is 3. The molecule has 3 N–H and O–H groups in total. The first-order valence-corrected chi connectivity index (χ1v) is 41.3. The number of carbonyl (C=O) groups is 4. The van der Waals surface area contributed by atoms with Gasteiger partial charge in [-0.15, -0.1) is 0 Å². The standard InChI is InChI=1S/C36H37N3O6.C29H29N3O8.C29H31N3O6/c1-7-25-30-24(33(45-21(4)40)20(3)34-36(30)44-18-43-34)15-27-31-29-23(14-26(38(31)5)28(16-37)39(25)27)13-19(2)32(41-6)35(29)42-17-22-11-9-8-10-12-22;1-7-15-18-14(26(40-13(4)33)12(3)28-29(18)39-10-38-28)8-16-21-19-20(23(34)11(2)27(37-6)25(19)36)24(35)22(31(21)5)17(9-30)32(15)16;1-7-18-23-17(27(38-15(4)33)14(3)28-29(23)37-12-36-28)10-20-24-22-16(8-13(2)26(35-6)25(22)34)9-19(31(24)5)21(11-30)32(18)20/h8-13,15,25-26,28,31H,7,14,17-18H2,1-6H3;8,15,17,21-22,34,36H,7,10H2,1-6H3;8,10,18-19,21,24,34H,7,9,12H2,1-6H3/t25-,26-,28-,31-;15-,17-,21-,22+;18-,19-,21-,24-/m000/s1. The number of rotatable bonds is 12. The van der Waals surface area contributed by atoms with Gasteiger partial charge in [-0.05, 0) is 141 Å². The van der Waals surface area contributed by atoms with Crippen LogP contribution in [0.25, 0.3) is 18.2 Å². The van der Waals surface area contributed by atoms with Crippen LogP contribution in [0.5, 0.6) is 92.0 Å². The van der Waals surface area contributed by atoms with E-state index < -0.39 is 59.9 Å². The molecule has 29 heteroatoms. The molecule has 0 aromatic heterocycles. The van der Waals surface area contributed by atoms with E-state index in [-0.39, 0.29) is 96.3 Å². The number of phenolic OH excluding ortho intramolecular Hbond substituents is 3. The number of hydrogen-bond donors (Lipinski definition) is 3. The Kier molecular flexibility index (Phi) is 20.8. The van der Waals surface area contributed by atoms with E-state index in [2.05, 4.69) is 76.9 Å². The predicted molar refractivity (Wildman–Crippen MR) is 446 cm³/mol. The summed E-state index contributed by atoms with van der Waals surface area (Å²) in [6.45, 7) is 21.8. The molecule has 7 aromatic rings. The summed E-state index contributed by atoms with van der Waals surface area (Å²) in [5.41, 5.74) is 16.3. The molecule has 0 spiro atoms. The lowest BCUT2D eigenvalue weighted by Crippen LogP contribution is -2.64. The van der Waals surface area contributed by atoms with Gasteiger partial charge in [0.1, 0.15) is 53.8 Å². The number of benzene rings is 7. The summed E-state index contributed by atoms with van der Waals surface area (Å²) in [7, 11) is 10.4. The summed E-state index contributed by atoms with van der Waals surface area (Å²) in [6, 6.07) is 16.8. The van der Waals surface area contributed by atoms with E-state index in [4.69, 9.17) is 61.6 Å². The van der Waals surface area contributed by atoms with Crippen LogP contribution in [0.1, 0.15) is 208 Å². The number of nitriles is 3. The minimum absolute atomic E-state index is 0.00698. The van der Waals surface area contributed by atoms with E-state index in [1.807, 2.05) is 89.1 Å². The largest absolute Gasteiger partial charge is 0.507 e. The molecule has 12 atom stereocenters. The molecule has 7 aromatic carbocycles. The Bertz CT molecular complexity index is 5960. The molecule has 12 heterocycles. The van der Waals surface area contributed by atoms with Crippen LogP contribution in [0.3, 0.4) is 0 Å². The topological polar surface area (TPSA) is 340 Å². The SMILES string of the molecule is CC[C@H]1c2c(c(OC(C)=O)c(C)c3c2OCO3)C=C2[C@H]3c4c(O)c(OC)c(C)c(O)c4C(=O)[C@@H]([C@H](C#N)N21)N3C.CC[C@H]1c2c(c(OC(C)=O)c(C)c3c2OCO3)C=C2[C@H]3c4c(cc(C)c(OC)c4O)C[C@@H]([C@H](C#N)N21)N3C.CC[C@H]1c2c(c(OC(C)=O)c(C)c3c2OCO3)C=C2[C@H]3c4c(cc(C)c(OC)c4OCc4ccccc4)C[C@@H]([C@H](C#N)N21)N3C. The fourth-order valence-electron chi connectivity index (χ4n) is 21.7. The van der Waals surface area contributed by atoms with Gasteiger partial charge in [-0.2, -0.15) is 15.8 Å². The molecule has 0 saturated carbocycles. The van der Waals surface area contributed by atoms with E-state index in [0.717, 1.165) is 72.6 Å². The predicted octanol–water partition coefficient (Wildman–Crippen LogP) is 14.1. The molecule has 29 nitrogen and oxygen atoms in total. The summed E-state index contributed by atoms with van der Waals surface area (Å²) in [6.07, 6.45) is 9.10. The van der Waals surface area contributed by atoms with E-state index in [0.29, 0.717) is 141 Å². The first-order valence-electron chi connectivity index (χ1n) is 41.3. The highest BCUT2D eigenvalue weighted by atomic mass is 16.7. The van der Waals surface area contributed by atoms with Gasteiger partial charge in [0, 0.05) is 122 Å². The quantitative estimate of drug-likeness (QED) is 0.0581. The second-order valence-corrected chi connectivity index (χ2v) is 33.0. The van der Waals surface area contributed by atoms with Crippen molar-refractivity contribution in [2.45, 2.75) is 194 Å². The van der Waals surface area contributed by atoms with Crippen LogP contribution in [0.15, 0.2) is 59.6 Å². The van der Waals surface area contributed by atoms with Gasteiger partial charge in [0.15, 0.2) is 74.8 Å². The highest BCUT2D eigenvalue weighted by Crippen LogP contribution is 2.66. The highest BCUT2D eigenvalue weighted by molar-refractivity contribution is 6.08. The first-order chi connectivity index (χ1) is 59.1. The number of hydrogen-bond acceptors (Lipinski definition) is 29. The number of ketones is 1. The normalized spacial score (nSPS) is 23.6. The van der Waals surface area contributed by atoms with E-state index in [9.17, 15) is 50.3 Å². The number of ether oxygens (including phenoxy) is 13. The summed E-state index contributed by atoms with van der Waals surface area (Å²) in [5.74, 6) is 4.33. The molecular weight excluding hydrogens is 1580 g/mol. The molecule has 19 rings (SSSR count). The molecule has 6 bridgehead atoms. The summed E-state index contributed by atoms with van der Waals surface area (Å²) < 4.78 is 76.5. The average molecular weight is 1670 g/mol. The molecule has 0 aliphatic carbocycles. The Morgan fingerprint density at radius 3 is 1.23 bits per heavy atom. The van der Waals surface area contributed by atoms with Gasteiger partial charge in [-0.1, -0.05) is 63.2 Å². The number of phenols is 3. The maximum absolute atomic E-state index is 14.0. The number of aromatic hydroxyl groups is 3. The van der Waals surface area contributed by atoms with Crippen molar-refractivity contribution in [1.82, 2.24) is 29.4 Å². The Balaban J connectivity index is 0.000000131. The van der Waals surface area contributed by atoms with Gasteiger partial charge in [0.05, 0.1) is 81.4 Å². The van der Waals surface area contributed by atoms with Crippen LogP contribution < -0.4 is 61.6 Å². The van der Waals surface area contributed by atoms with Gasteiger partial charge in [0.25, 0.3) is 0 Å². The molecule has 3 saturated heterocycles. The second kappa shape index (κ2) is 31.2. The van der Waals surface area contributed by atoms with Crippen molar-refractivity contribution in [2.24, 2.45) is 0 Å². The molecule has 3 fully saturated rings. The lowest BCUT2D eigenvalue weighted by atomic mass is 9.74. The van der Waals surface area contributed by atoms with Crippen molar-refractivity contribution in [1.29, 1.82) is 15.8 Å². The van der Waals surface area contributed by atoms with Crippen LogP contribution in [-0.2, 0) is 33.8 Å². The van der Waals surface area contributed by atoms with E-state index >= 15 is 0 Å². The van der Waals surface area contributed by atoms with E-state index in [1.54, 1.807) is 40.0 Å². The summed E-state index contributed by atoms with van der Waals surface area (Å²) in [4.78, 5) is 63.4. The summed E-state index contributed by atoms with van der Waals surface area (Å²) >= 11 is 0. The first kappa shape index (κ1) is 82.3. The van der Waals surface area contributed by atoms with Gasteiger partial charge in [-0.25, -0.2) is 0 Å². The Morgan fingerprint density at radius 2 is 0.829 bits per heavy atom. The number of Topliss-reactive ketones (excluding diaryl/α,β-unsaturated/α-hetero) is 1. The molecule has 638 valence electrons. The molecule has 0 amide bonds. The molecule has 12 aliphatic heterocycles. The maximum atomic E-state index is 14.0. The zero-order valence-corrected chi connectivity index (χ0v) is 71.9. The number of piperazine rings is 3. The highest BCUT2D eigenvalue weighted by Gasteiger charge is 2.60. The minimum atomic E-state index is -0.938. The van der Waals surface area contributed by atoms with Crippen molar-refractivity contribution in [3.05, 3.63) is 165 Å². The molecule has 0 unspecified atom stereocenters. The lowest BCUT2D eigenvalue weighted by molar-refractivity contribution is -0.132. The van der Waals surface area contributed by atoms with Crippen LogP contribution in [0.2, 0.25) is 0 Å². The number of nitrogens with zero attached hydrogens (tertiary/aromatic N) is 9. The van der Waals surface area contributed by atoms with Crippen molar-refractivity contribution in [3.8, 4) is 110 Å². The molecular formula is C94H97N9O20.